The van der Waals surface area contributed by atoms with Gasteiger partial charge in [0.05, 0.1) is 34.4 Å². The Kier molecular flexibility index (Phi) is 4.78. The maximum atomic E-state index is 10.3. The van der Waals surface area contributed by atoms with Crippen LogP contribution in [0.5, 0.6) is 11.5 Å². The minimum atomic E-state index is -0.0239. The average Bonchev–Trinajstić information content (AvgIpc) is 2.79. The lowest BCUT2D eigenvalue weighted by Crippen LogP contribution is -2.02. The molecule has 2 N–H and O–H groups in total. The molecule has 0 aliphatic heterocycles. The third-order valence-electron chi connectivity index (χ3n) is 4.44. The summed E-state index contributed by atoms with van der Waals surface area (Å²) in [5.41, 5.74) is 1.72. The molecule has 4 rings (SSSR count). The van der Waals surface area contributed by atoms with Crippen LogP contribution < -0.4 is 0 Å². The van der Waals surface area contributed by atoms with Crippen LogP contribution in [-0.4, -0.2) is 25.2 Å². The summed E-state index contributed by atoms with van der Waals surface area (Å²) in [6, 6.07) is 21.8. The molecule has 30 heavy (non-hydrogen) atoms. The highest BCUT2D eigenvalue weighted by molar-refractivity contribution is 5.74. The second kappa shape index (κ2) is 7.70. The third-order valence-corrected chi connectivity index (χ3v) is 4.44. The van der Waals surface area contributed by atoms with Gasteiger partial charge in [-0.1, -0.05) is 24.3 Å². The Morgan fingerprint density at radius 1 is 0.600 bits per heavy atom. The lowest BCUT2D eigenvalue weighted by molar-refractivity contribution is 0.477. The molecule has 0 amide bonds. The molecule has 0 spiro atoms. The van der Waals surface area contributed by atoms with Crippen molar-refractivity contribution in [3.05, 3.63) is 77.9 Å². The fourth-order valence-electron chi connectivity index (χ4n) is 2.96. The Bertz CT molecular complexity index is 1290. The van der Waals surface area contributed by atoms with Crippen molar-refractivity contribution in [3.63, 3.8) is 0 Å². The van der Waals surface area contributed by atoms with Crippen LogP contribution in [0.15, 0.2) is 66.7 Å². The topological polar surface area (TPSA) is 127 Å². The van der Waals surface area contributed by atoms with Crippen molar-refractivity contribution in [2.75, 3.05) is 0 Å². The molecule has 0 radical (unpaired) electrons. The number of hydrogen-bond acceptors (Lipinski definition) is 7. The fourth-order valence-corrected chi connectivity index (χ4v) is 2.96. The maximum Gasteiger partial charge on any atom is 0.167 e. The second-order valence-electron chi connectivity index (χ2n) is 6.32. The van der Waals surface area contributed by atoms with Gasteiger partial charge in [0.2, 0.25) is 0 Å². The quantitative estimate of drug-likeness (QED) is 0.540. The highest BCUT2D eigenvalue weighted by atomic mass is 16.3. The molecule has 3 aromatic carbocycles. The highest BCUT2D eigenvalue weighted by Crippen LogP contribution is 2.33. The molecule has 0 aliphatic rings. The number of aromatic nitrogens is 3. The van der Waals surface area contributed by atoms with Gasteiger partial charge in [0.1, 0.15) is 11.5 Å². The van der Waals surface area contributed by atoms with Crippen LogP contribution in [0.1, 0.15) is 11.1 Å². The fraction of sp³-hybridized carbons (Fsp3) is 0. The molecule has 1 aromatic heterocycles. The number of nitriles is 2. The number of para-hydroxylation sites is 2. The molecule has 7 heteroatoms. The Hall–Kier alpha value is -4.75. The minimum Gasteiger partial charge on any atom is -0.507 e. The molecule has 0 aliphatic carbocycles. The summed E-state index contributed by atoms with van der Waals surface area (Å²) in [6.07, 6.45) is 0. The smallest absolute Gasteiger partial charge is 0.167 e. The van der Waals surface area contributed by atoms with E-state index in [1.54, 1.807) is 36.4 Å². The van der Waals surface area contributed by atoms with Crippen LogP contribution in [0.4, 0.5) is 0 Å². The van der Waals surface area contributed by atoms with E-state index in [-0.39, 0.29) is 34.5 Å². The standard InChI is InChI=1S/C23H13N5O2/c24-12-14-9-10-15(13-25)18(11-14)23-27-21(16-5-1-3-7-19(16)29)26-22(28-23)17-6-2-4-8-20(17)30/h1-11,29-30H. The molecule has 0 fully saturated rings. The molecule has 4 aromatic rings. The van der Waals surface area contributed by atoms with Gasteiger partial charge in [0.25, 0.3) is 0 Å². The van der Waals surface area contributed by atoms with Crippen molar-refractivity contribution in [1.82, 2.24) is 15.0 Å². The van der Waals surface area contributed by atoms with Crippen LogP contribution in [0.2, 0.25) is 0 Å². The Morgan fingerprint density at radius 3 is 1.57 bits per heavy atom. The summed E-state index contributed by atoms with van der Waals surface area (Å²) in [4.78, 5) is 13.3. The van der Waals surface area contributed by atoms with Gasteiger partial charge >= 0.3 is 0 Å². The summed E-state index contributed by atoms with van der Waals surface area (Å²) >= 11 is 0. The van der Waals surface area contributed by atoms with Gasteiger partial charge in [0, 0.05) is 5.56 Å². The lowest BCUT2D eigenvalue weighted by Gasteiger charge is -2.11. The van der Waals surface area contributed by atoms with E-state index in [0.29, 0.717) is 22.3 Å². The first-order chi connectivity index (χ1) is 14.6. The first-order valence-corrected chi connectivity index (χ1v) is 8.88. The van der Waals surface area contributed by atoms with Crippen molar-refractivity contribution >= 4 is 0 Å². The molecular weight excluding hydrogens is 378 g/mol. The van der Waals surface area contributed by atoms with Gasteiger partial charge in [-0.2, -0.15) is 10.5 Å². The van der Waals surface area contributed by atoms with Gasteiger partial charge in [-0.15, -0.1) is 0 Å². The summed E-state index contributed by atoms with van der Waals surface area (Å²) in [5, 5.41) is 39.3. The van der Waals surface area contributed by atoms with E-state index in [4.69, 9.17) is 0 Å². The minimum absolute atomic E-state index is 0.0239. The van der Waals surface area contributed by atoms with Crippen LogP contribution in [0, 0.1) is 22.7 Å². The zero-order valence-electron chi connectivity index (χ0n) is 15.5. The molecule has 0 atom stereocenters. The highest BCUT2D eigenvalue weighted by Gasteiger charge is 2.18. The van der Waals surface area contributed by atoms with Crippen molar-refractivity contribution < 1.29 is 10.2 Å². The predicted octanol–water partition coefficient (Wildman–Crippen LogP) is 4.03. The number of benzene rings is 3. The largest absolute Gasteiger partial charge is 0.507 e. The van der Waals surface area contributed by atoms with E-state index >= 15 is 0 Å². The van der Waals surface area contributed by atoms with Gasteiger partial charge in [-0.3, -0.25) is 0 Å². The summed E-state index contributed by atoms with van der Waals surface area (Å²) in [5.74, 6) is 0.439. The summed E-state index contributed by atoms with van der Waals surface area (Å²) in [7, 11) is 0. The zero-order valence-corrected chi connectivity index (χ0v) is 15.5. The van der Waals surface area contributed by atoms with E-state index in [9.17, 15) is 20.7 Å². The first-order valence-electron chi connectivity index (χ1n) is 8.88. The monoisotopic (exact) mass is 391 g/mol. The van der Waals surface area contributed by atoms with E-state index in [1.807, 2.05) is 6.07 Å². The van der Waals surface area contributed by atoms with Crippen LogP contribution in [0.25, 0.3) is 34.2 Å². The van der Waals surface area contributed by atoms with Gasteiger partial charge in [-0.05, 0) is 42.5 Å². The normalized spacial score (nSPS) is 10.2. The van der Waals surface area contributed by atoms with E-state index in [1.165, 1.54) is 30.3 Å². The Balaban J connectivity index is 2.03. The second-order valence-corrected chi connectivity index (χ2v) is 6.32. The van der Waals surface area contributed by atoms with Crippen molar-refractivity contribution in [2.45, 2.75) is 0 Å². The number of aromatic hydroxyl groups is 2. The van der Waals surface area contributed by atoms with E-state index < -0.39 is 0 Å². The molecule has 1 heterocycles. The molecule has 0 saturated carbocycles. The number of nitrogens with zero attached hydrogens (tertiary/aromatic N) is 5. The number of hydrogen-bond donors (Lipinski definition) is 2. The molecule has 0 unspecified atom stereocenters. The Morgan fingerprint density at radius 2 is 1.10 bits per heavy atom. The average molecular weight is 391 g/mol. The van der Waals surface area contributed by atoms with Crippen LogP contribution in [-0.2, 0) is 0 Å². The maximum absolute atomic E-state index is 10.3. The molecule has 142 valence electrons. The predicted molar refractivity (Wildman–Crippen MR) is 109 cm³/mol. The van der Waals surface area contributed by atoms with E-state index in [0.717, 1.165) is 0 Å². The first kappa shape index (κ1) is 18.6. The molecule has 7 nitrogen and oxygen atoms in total. The summed E-state index contributed by atoms with van der Waals surface area (Å²) < 4.78 is 0. The molecule has 0 saturated heterocycles. The summed E-state index contributed by atoms with van der Waals surface area (Å²) in [6.45, 7) is 0. The zero-order chi connectivity index (χ0) is 21.1. The van der Waals surface area contributed by atoms with Gasteiger partial charge in [0.15, 0.2) is 17.5 Å². The van der Waals surface area contributed by atoms with Crippen LogP contribution >= 0.6 is 0 Å². The van der Waals surface area contributed by atoms with Gasteiger partial charge in [-0.25, -0.2) is 15.0 Å². The number of rotatable bonds is 3. The van der Waals surface area contributed by atoms with Crippen molar-refractivity contribution in [1.29, 1.82) is 10.5 Å². The molecule has 0 bridgehead atoms. The third kappa shape index (κ3) is 3.39. The van der Waals surface area contributed by atoms with Crippen molar-refractivity contribution in [2.24, 2.45) is 0 Å². The Labute approximate surface area is 171 Å². The van der Waals surface area contributed by atoms with E-state index in [2.05, 4.69) is 21.0 Å². The lowest BCUT2D eigenvalue weighted by atomic mass is 10.0. The van der Waals surface area contributed by atoms with Gasteiger partial charge < -0.3 is 10.2 Å². The number of phenolic OH excluding ortho intramolecular Hbond substituents is 2. The number of phenols is 2. The SMILES string of the molecule is N#Cc1ccc(C#N)c(-c2nc(-c3ccccc3O)nc(-c3ccccc3O)n2)c1. The van der Waals surface area contributed by atoms with Crippen LogP contribution in [0.3, 0.4) is 0 Å². The molecular formula is C23H13N5O2. The van der Waals surface area contributed by atoms with Crippen molar-refractivity contribution in [3.8, 4) is 57.8 Å².